The van der Waals surface area contributed by atoms with Gasteiger partial charge in [0.1, 0.15) is 23.4 Å². The Morgan fingerprint density at radius 1 is 1.31 bits per heavy atom. The Bertz CT molecular complexity index is 1040. The summed E-state index contributed by atoms with van der Waals surface area (Å²) in [7, 11) is 1.51. The Balaban J connectivity index is 2.19. The van der Waals surface area contributed by atoms with Gasteiger partial charge in [-0.2, -0.15) is 0 Å². The molecule has 0 aliphatic heterocycles. The number of aliphatic imine (C=N–C) groups is 2. The van der Waals surface area contributed by atoms with Crippen LogP contribution in [0.15, 0.2) is 71.2 Å². The van der Waals surface area contributed by atoms with Crippen molar-refractivity contribution in [1.82, 2.24) is 4.98 Å². The van der Waals surface area contributed by atoms with E-state index >= 15 is 0 Å². The van der Waals surface area contributed by atoms with Gasteiger partial charge in [-0.1, -0.05) is 18.7 Å². The predicted molar refractivity (Wildman–Crippen MR) is 114 cm³/mol. The maximum Gasteiger partial charge on any atom is 0.145 e. The lowest BCUT2D eigenvalue weighted by Crippen LogP contribution is -2.08. The molecule has 1 aliphatic rings. The Labute approximate surface area is 168 Å². The van der Waals surface area contributed by atoms with E-state index in [0.29, 0.717) is 39.5 Å². The van der Waals surface area contributed by atoms with E-state index in [0.717, 1.165) is 5.56 Å². The standard InChI is InChI=1S/C23H21F2N3O/c1-14(16-6-5-9-27-13-16)28-23-20(15(2)26-3)10-17(11-22(23)29-4)19-8-7-18(24)12-21(19)25/h5-11,13,21H,2-3,12H2,1,4H3. The van der Waals surface area contributed by atoms with Crippen molar-refractivity contribution >= 4 is 29.4 Å². The minimum atomic E-state index is -1.45. The summed E-state index contributed by atoms with van der Waals surface area (Å²) in [5.41, 5.74) is 3.91. The maximum atomic E-state index is 14.5. The van der Waals surface area contributed by atoms with Gasteiger partial charge >= 0.3 is 0 Å². The topological polar surface area (TPSA) is 46.8 Å². The summed E-state index contributed by atoms with van der Waals surface area (Å²) >= 11 is 0. The minimum Gasteiger partial charge on any atom is -0.494 e. The van der Waals surface area contributed by atoms with Crippen molar-refractivity contribution in [2.75, 3.05) is 7.11 Å². The molecular weight excluding hydrogens is 372 g/mol. The van der Waals surface area contributed by atoms with E-state index in [-0.39, 0.29) is 6.42 Å². The number of methoxy groups -OCH3 is 1. The van der Waals surface area contributed by atoms with Gasteiger partial charge in [-0.3, -0.25) is 9.98 Å². The van der Waals surface area contributed by atoms with Crippen LogP contribution in [-0.2, 0) is 0 Å². The van der Waals surface area contributed by atoms with Crippen LogP contribution in [0.3, 0.4) is 0 Å². The number of aromatic nitrogens is 1. The van der Waals surface area contributed by atoms with Crippen LogP contribution in [0.5, 0.6) is 5.75 Å². The fraction of sp³-hybridized carbons (Fsp3) is 0.174. The number of nitrogens with zero attached hydrogens (tertiary/aromatic N) is 3. The van der Waals surface area contributed by atoms with E-state index in [9.17, 15) is 8.78 Å². The molecule has 0 fully saturated rings. The molecule has 0 radical (unpaired) electrons. The van der Waals surface area contributed by atoms with Gasteiger partial charge in [0.05, 0.1) is 12.8 Å². The molecule has 148 valence electrons. The molecule has 1 heterocycles. The van der Waals surface area contributed by atoms with Crippen LogP contribution >= 0.6 is 0 Å². The third-order valence-electron chi connectivity index (χ3n) is 4.64. The second-order valence-corrected chi connectivity index (χ2v) is 6.53. The van der Waals surface area contributed by atoms with Crippen molar-refractivity contribution in [3.63, 3.8) is 0 Å². The summed E-state index contributed by atoms with van der Waals surface area (Å²) in [5, 5.41) is 0. The molecule has 0 spiro atoms. The average Bonchev–Trinajstić information content (AvgIpc) is 2.74. The number of hydrogen-bond donors (Lipinski definition) is 0. The molecule has 2 aromatic rings. The van der Waals surface area contributed by atoms with Gasteiger partial charge in [0, 0.05) is 35.7 Å². The largest absolute Gasteiger partial charge is 0.494 e. The summed E-state index contributed by atoms with van der Waals surface area (Å²) in [6.07, 6.45) is 4.37. The van der Waals surface area contributed by atoms with Gasteiger partial charge in [0.25, 0.3) is 0 Å². The smallest absolute Gasteiger partial charge is 0.145 e. The summed E-state index contributed by atoms with van der Waals surface area (Å²) < 4.78 is 33.4. The Kier molecular flexibility index (Phi) is 6.12. The molecule has 1 atom stereocenters. The van der Waals surface area contributed by atoms with E-state index < -0.39 is 12.0 Å². The fourth-order valence-corrected chi connectivity index (χ4v) is 3.07. The maximum absolute atomic E-state index is 14.5. The van der Waals surface area contributed by atoms with E-state index in [1.165, 1.54) is 19.3 Å². The highest BCUT2D eigenvalue weighted by molar-refractivity contribution is 6.01. The van der Waals surface area contributed by atoms with Crippen LogP contribution in [0.1, 0.15) is 30.0 Å². The second kappa shape index (κ2) is 8.73. The van der Waals surface area contributed by atoms with Gasteiger partial charge in [-0.15, -0.1) is 0 Å². The first kappa shape index (κ1) is 20.3. The number of alkyl halides is 1. The summed E-state index contributed by atoms with van der Waals surface area (Å²) in [6.45, 7) is 9.32. The van der Waals surface area contributed by atoms with Gasteiger partial charge in [0.2, 0.25) is 0 Å². The lowest BCUT2D eigenvalue weighted by Gasteiger charge is -2.19. The normalized spacial score (nSPS) is 16.7. The van der Waals surface area contributed by atoms with Crippen LogP contribution in [0, 0.1) is 0 Å². The number of ether oxygens (including phenoxy) is 1. The number of benzene rings is 1. The fourth-order valence-electron chi connectivity index (χ4n) is 3.07. The molecule has 1 aromatic carbocycles. The van der Waals surface area contributed by atoms with E-state index in [4.69, 9.17) is 9.73 Å². The highest BCUT2D eigenvalue weighted by Gasteiger charge is 2.23. The van der Waals surface area contributed by atoms with Crippen molar-refractivity contribution in [2.45, 2.75) is 19.5 Å². The van der Waals surface area contributed by atoms with Crippen LogP contribution in [0.4, 0.5) is 14.5 Å². The monoisotopic (exact) mass is 393 g/mol. The SMILES string of the molecule is C=NC(=C)c1cc(C2=CC=C(F)CC2F)cc(OC)c1N=C(C)c1cccnc1. The Morgan fingerprint density at radius 2 is 2.10 bits per heavy atom. The van der Waals surface area contributed by atoms with E-state index in [1.807, 2.05) is 19.1 Å². The number of allylic oxidation sites excluding steroid dienone is 4. The van der Waals surface area contributed by atoms with E-state index in [2.05, 4.69) is 23.3 Å². The Hall–Kier alpha value is -3.41. The predicted octanol–water partition coefficient (Wildman–Crippen LogP) is 5.88. The molecule has 1 aliphatic carbocycles. The first-order chi connectivity index (χ1) is 13.9. The molecule has 1 aromatic heterocycles. The highest BCUT2D eigenvalue weighted by atomic mass is 19.1. The molecule has 6 heteroatoms. The Morgan fingerprint density at radius 3 is 2.72 bits per heavy atom. The van der Waals surface area contributed by atoms with Gasteiger partial charge in [-0.05, 0) is 49.1 Å². The quantitative estimate of drug-likeness (QED) is 0.575. The first-order valence-corrected chi connectivity index (χ1v) is 8.99. The first-order valence-electron chi connectivity index (χ1n) is 8.99. The molecule has 1 unspecified atom stereocenters. The molecule has 4 nitrogen and oxygen atoms in total. The number of rotatable bonds is 6. The van der Waals surface area contributed by atoms with Crippen molar-refractivity contribution < 1.29 is 13.5 Å². The third-order valence-corrected chi connectivity index (χ3v) is 4.64. The molecule has 0 saturated heterocycles. The van der Waals surface area contributed by atoms with Crippen molar-refractivity contribution in [1.29, 1.82) is 0 Å². The average molecular weight is 393 g/mol. The summed E-state index contributed by atoms with van der Waals surface area (Å²) in [4.78, 5) is 12.7. The van der Waals surface area contributed by atoms with Gasteiger partial charge in [0.15, 0.2) is 0 Å². The molecule has 3 rings (SSSR count). The lowest BCUT2D eigenvalue weighted by molar-refractivity contribution is 0.379. The van der Waals surface area contributed by atoms with Crippen molar-refractivity contribution in [3.8, 4) is 5.75 Å². The number of hydrogen-bond acceptors (Lipinski definition) is 4. The van der Waals surface area contributed by atoms with Crippen molar-refractivity contribution in [2.24, 2.45) is 9.98 Å². The van der Waals surface area contributed by atoms with Crippen LogP contribution in [0.25, 0.3) is 11.3 Å². The molecule has 0 bridgehead atoms. The van der Waals surface area contributed by atoms with Crippen LogP contribution < -0.4 is 4.74 Å². The number of halogens is 2. The second-order valence-electron chi connectivity index (χ2n) is 6.53. The van der Waals surface area contributed by atoms with Crippen LogP contribution in [0.2, 0.25) is 0 Å². The molecule has 29 heavy (non-hydrogen) atoms. The molecule has 0 saturated carbocycles. The third kappa shape index (κ3) is 4.37. The summed E-state index contributed by atoms with van der Waals surface area (Å²) in [6, 6.07) is 7.13. The lowest BCUT2D eigenvalue weighted by atomic mass is 9.92. The van der Waals surface area contributed by atoms with Crippen molar-refractivity contribution in [3.05, 3.63) is 77.9 Å². The molecular formula is C23H21F2N3O. The molecule has 0 amide bonds. The van der Waals surface area contributed by atoms with Crippen LogP contribution in [-0.4, -0.2) is 30.7 Å². The number of pyridine rings is 1. The van der Waals surface area contributed by atoms with Gasteiger partial charge in [-0.25, -0.2) is 13.8 Å². The summed E-state index contributed by atoms with van der Waals surface area (Å²) in [5.74, 6) is -0.0624. The zero-order chi connectivity index (χ0) is 21.0. The van der Waals surface area contributed by atoms with E-state index in [1.54, 1.807) is 24.5 Å². The highest BCUT2D eigenvalue weighted by Crippen LogP contribution is 2.41. The minimum absolute atomic E-state index is 0.288. The molecule has 0 N–H and O–H groups in total. The zero-order valence-corrected chi connectivity index (χ0v) is 16.3. The van der Waals surface area contributed by atoms with Gasteiger partial charge < -0.3 is 4.74 Å². The zero-order valence-electron chi connectivity index (χ0n) is 16.3.